The maximum absolute atomic E-state index is 13.1. The maximum atomic E-state index is 13.1. The van der Waals surface area contributed by atoms with E-state index in [1.54, 1.807) is 0 Å². The standard InChI is InChI=1S/C20H27NO3/c1-21-16-11-12-17(21)18(13-16)24-19(22)20(23,15-9-5-6-10-15)14-7-3-2-4-8-14/h2-4,7-8,15-18,23H,5-6,9-13H2,1H3/t16?,17-,18-,20+/m0/s1. The molecule has 1 N–H and O–H groups in total. The zero-order valence-electron chi connectivity index (χ0n) is 14.4. The molecule has 0 radical (unpaired) electrons. The van der Waals surface area contributed by atoms with Crippen molar-refractivity contribution >= 4 is 5.97 Å². The van der Waals surface area contributed by atoms with E-state index in [0.29, 0.717) is 17.6 Å². The van der Waals surface area contributed by atoms with Crippen LogP contribution in [0.4, 0.5) is 0 Å². The van der Waals surface area contributed by atoms with Crippen LogP contribution < -0.4 is 0 Å². The molecular weight excluding hydrogens is 302 g/mol. The first-order valence-electron chi connectivity index (χ1n) is 9.31. The third-order valence-electron chi connectivity index (χ3n) is 6.56. The molecule has 3 aliphatic rings. The highest BCUT2D eigenvalue weighted by Crippen LogP contribution is 2.43. The van der Waals surface area contributed by atoms with Crippen LogP contribution in [0, 0.1) is 5.92 Å². The first kappa shape index (κ1) is 16.1. The number of nitrogens with zero attached hydrogens (tertiary/aromatic N) is 1. The Morgan fingerprint density at radius 1 is 1.17 bits per heavy atom. The number of hydrogen-bond acceptors (Lipinski definition) is 4. The van der Waals surface area contributed by atoms with Gasteiger partial charge < -0.3 is 9.84 Å². The second kappa shape index (κ2) is 6.16. The second-order valence-corrected chi connectivity index (χ2v) is 7.76. The molecule has 3 fully saturated rings. The van der Waals surface area contributed by atoms with Crippen molar-refractivity contribution < 1.29 is 14.6 Å². The van der Waals surface area contributed by atoms with Crippen LogP contribution in [-0.4, -0.2) is 41.2 Å². The Bertz CT molecular complexity index is 598. The van der Waals surface area contributed by atoms with Crippen LogP contribution in [-0.2, 0) is 15.1 Å². The lowest BCUT2D eigenvalue weighted by molar-refractivity contribution is -0.180. The Hall–Kier alpha value is -1.39. The summed E-state index contributed by atoms with van der Waals surface area (Å²) in [4.78, 5) is 15.4. The molecule has 1 aromatic rings. The largest absolute Gasteiger partial charge is 0.458 e. The summed E-state index contributed by atoms with van der Waals surface area (Å²) < 4.78 is 5.92. The van der Waals surface area contributed by atoms with E-state index < -0.39 is 11.6 Å². The number of fused-ring (bicyclic) bond motifs is 2. The summed E-state index contributed by atoms with van der Waals surface area (Å²) in [5.41, 5.74) is -0.823. The average Bonchev–Trinajstić information content (AvgIpc) is 3.32. The van der Waals surface area contributed by atoms with Gasteiger partial charge in [-0.2, -0.15) is 0 Å². The van der Waals surface area contributed by atoms with Gasteiger partial charge in [0.2, 0.25) is 0 Å². The SMILES string of the molecule is CN1C2CC[C@H]1[C@@H](OC(=O)[C@@](O)(c1ccccc1)C1CCCC1)C2. The first-order valence-corrected chi connectivity index (χ1v) is 9.31. The molecule has 4 nitrogen and oxygen atoms in total. The van der Waals surface area contributed by atoms with Crippen molar-refractivity contribution in [3.8, 4) is 0 Å². The number of ether oxygens (including phenoxy) is 1. The predicted molar refractivity (Wildman–Crippen MR) is 91.4 cm³/mol. The van der Waals surface area contributed by atoms with Crippen LogP contribution in [0.15, 0.2) is 30.3 Å². The normalized spacial score (nSPS) is 32.8. The van der Waals surface area contributed by atoms with E-state index in [9.17, 15) is 9.90 Å². The van der Waals surface area contributed by atoms with E-state index in [-0.39, 0.29) is 12.0 Å². The van der Waals surface area contributed by atoms with Crippen LogP contribution in [0.1, 0.15) is 50.5 Å². The molecular formula is C20H27NO3. The Labute approximate surface area is 143 Å². The second-order valence-electron chi connectivity index (χ2n) is 7.76. The zero-order valence-corrected chi connectivity index (χ0v) is 14.4. The number of esters is 1. The number of carbonyl (C=O) groups is 1. The smallest absolute Gasteiger partial charge is 0.343 e. The van der Waals surface area contributed by atoms with Gasteiger partial charge >= 0.3 is 5.97 Å². The fourth-order valence-electron chi connectivity index (χ4n) is 5.11. The lowest BCUT2D eigenvalue weighted by Gasteiger charge is -2.34. The van der Waals surface area contributed by atoms with Gasteiger partial charge in [0, 0.05) is 24.4 Å². The molecule has 1 unspecified atom stereocenters. The summed E-state index contributed by atoms with van der Waals surface area (Å²) >= 11 is 0. The molecule has 2 bridgehead atoms. The Kier molecular flexibility index (Phi) is 4.13. The Morgan fingerprint density at radius 2 is 1.88 bits per heavy atom. The third-order valence-corrected chi connectivity index (χ3v) is 6.56. The van der Waals surface area contributed by atoms with Gasteiger partial charge in [0.15, 0.2) is 5.60 Å². The lowest BCUT2D eigenvalue weighted by atomic mass is 9.80. The van der Waals surface area contributed by atoms with E-state index in [2.05, 4.69) is 11.9 Å². The van der Waals surface area contributed by atoms with E-state index in [1.807, 2.05) is 30.3 Å². The summed E-state index contributed by atoms with van der Waals surface area (Å²) in [5, 5.41) is 11.5. The van der Waals surface area contributed by atoms with Crippen molar-refractivity contribution in [2.75, 3.05) is 7.05 Å². The van der Waals surface area contributed by atoms with E-state index in [4.69, 9.17) is 4.74 Å². The summed E-state index contributed by atoms with van der Waals surface area (Å²) in [5.74, 6) is -0.477. The lowest BCUT2D eigenvalue weighted by Crippen LogP contribution is -2.46. The molecule has 1 aromatic carbocycles. The molecule has 4 rings (SSSR count). The summed E-state index contributed by atoms with van der Waals surface area (Å²) in [6, 6.07) is 10.2. The highest BCUT2D eigenvalue weighted by atomic mass is 16.6. The molecule has 130 valence electrons. The first-order chi connectivity index (χ1) is 11.6. The van der Waals surface area contributed by atoms with Gasteiger partial charge in [0.05, 0.1) is 0 Å². The topological polar surface area (TPSA) is 49.8 Å². The number of likely N-dealkylation sites (N-methyl/N-ethyl adjacent to an activating group) is 1. The number of hydrogen-bond donors (Lipinski definition) is 1. The molecule has 1 aliphatic carbocycles. The summed E-state index contributed by atoms with van der Waals surface area (Å²) in [6.07, 6.45) is 7.04. The Balaban J connectivity index is 1.58. The molecule has 2 saturated heterocycles. The monoisotopic (exact) mass is 329 g/mol. The molecule has 4 heteroatoms. The fourth-order valence-corrected chi connectivity index (χ4v) is 5.11. The van der Waals surface area contributed by atoms with E-state index in [0.717, 1.165) is 38.5 Å². The van der Waals surface area contributed by atoms with E-state index >= 15 is 0 Å². The molecule has 0 amide bonds. The minimum Gasteiger partial charge on any atom is -0.458 e. The summed E-state index contributed by atoms with van der Waals surface area (Å²) in [6.45, 7) is 0. The van der Waals surface area contributed by atoms with Crippen molar-refractivity contribution in [3.05, 3.63) is 35.9 Å². The van der Waals surface area contributed by atoms with Crippen LogP contribution in [0.2, 0.25) is 0 Å². The van der Waals surface area contributed by atoms with Gasteiger partial charge in [-0.1, -0.05) is 43.2 Å². The van der Waals surface area contributed by atoms with Gasteiger partial charge in [-0.05, 0) is 38.3 Å². The average molecular weight is 329 g/mol. The number of aliphatic hydroxyl groups is 1. The maximum Gasteiger partial charge on any atom is 0.343 e. The van der Waals surface area contributed by atoms with Crippen LogP contribution in [0.25, 0.3) is 0 Å². The van der Waals surface area contributed by atoms with Crippen molar-refractivity contribution in [3.63, 3.8) is 0 Å². The molecule has 2 heterocycles. The molecule has 1 saturated carbocycles. The Morgan fingerprint density at radius 3 is 2.46 bits per heavy atom. The zero-order chi connectivity index (χ0) is 16.7. The van der Waals surface area contributed by atoms with Crippen LogP contribution >= 0.6 is 0 Å². The van der Waals surface area contributed by atoms with Crippen molar-refractivity contribution in [2.45, 2.75) is 68.7 Å². The van der Waals surface area contributed by atoms with Gasteiger partial charge in [0.25, 0.3) is 0 Å². The fraction of sp³-hybridized carbons (Fsp3) is 0.650. The minimum atomic E-state index is -1.50. The van der Waals surface area contributed by atoms with Crippen molar-refractivity contribution in [1.29, 1.82) is 0 Å². The molecule has 2 aliphatic heterocycles. The highest BCUT2D eigenvalue weighted by Gasteiger charge is 2.52. The number of benzene rings is 1. The van der Waals surface area contributed by atoms with Crippen LogP contribution in [0.3, 0.4) is 0 Å². The van der Waals surface area contributed by atoms with Crippen LogP contribution in [0.5, 0.6) is 0 Å². The molecule has 0 spiro atoms. The van der Waals surface area contributed by atoms with Gasteiger partial charge in [-0.3, -0.25) is 4.90 Å². The van der Waals surface area contributed by atoms with Gasteiger partial charge in [0.1, 0.15) is 6.10 Å². The third kappa shape index (κ3) is 2.47. The van der Waals surface area contributed by atoms with Crippen molar-refractivity contribution in [2.24, 2.45) is 5.92 Å². The van der Waals surface area contributed by atoms with Gasteiger partial charge in [-0.25, -0.2) is 4.79 Å². The predicted octanol–water partition coefficient (Wildman–Crippen LogP) is 2.84. The summed E-state index contributed by atoms with van der Waals surface area (Å²) in [7, 11) is 2.12. The highest BCUT2D eigenvalue weighted by molar-refractivity contribution is 5.82. The number of carbonyl (C=O) groups excluding carboxylic acids is 1. The molecule has 24 heavy (non-hydrogen) atoms. The number of rotatable bonds is 4. The van der Waals surface area contributed by atoms with E-state index in [1.165, 1.54) is 6.42 Å². The van der Waals surface area contributed by atoms with Crippen molar-refractivity contribution in [1.82, 2.24) is 4.90 Å². The quantitative estimate of drug-likeness (QED) is 0.863. The van der Waals surface area contributed by atoms with Gasteiger partial charge in [-0.15, -0.1) is 0 Å². The minimum absolute atomic E-state index is 0.0382. The molecule has 4 atom stereocenters. The molecule has 0 aromatic heterocycles.